The third-order valence-electron chi connectivity index (χ3n) is 0.628. The maximum atomic E-state index is 9.68. The zero-order valence-electron chi connectivity index (χ0n) is 6.28. The van der Waals surface area contributed by atoms with Gasteiger partial charge in [-0.25, -0.2) is 0 Å². The van der Waals surface area contributed by atoms with Crippen LogP contribution in [0.2, 0.25) is 0 Å². The highest BCUT2D eigenvalue weighted by atomic mass is 32.1. The molecule has 0 aliphatic carbocycles. The van der Waals surface area contributed by atoms with E-state index in [1.165, 1.54) is 0 Å². The van der Waals surface area contributed by atoms with E-state index in [1.54, 1.807) is 6.92 Å². The van der Waals surface area contributed by atoms with Gasteiger partial charge < -0.3 is 5.11 Å². The lowest BCUT2D eigenvalue weighted by atomic mass is 10.5. The maximum absolute atomic E-state index is 9.68. The number of carboxylic acid groups (broad SMARTS) is 1. The Labute approximate surface area is 77.0 Å². The summed E-state index contributed by atoms with van der Waals surface area (Å²) in [6, 6.07) is 0. The molecule has 0 rings (SSSR count). The van der Waals surface area contributed by atoms with Crippen LogP contribution in [0, 0.1) is 0 Å². The first-order valence-electron chi connectivity index (χ1n) is 3.09. The molecule has 0 atom stereocenters. The van der Waals surface area contributed by atoms with Crippen LogP contribution in [-0.2, 0) is 9.59 Å². The summed E-state index contributed by atoms with van der Waals surface area (Å²) in [4.78, 5) is 19.2. The normalized spacial score (nSPS) is 7.91. The van der Waals surface area contributed by atoms with Crippen LogP contribution in [0.3, 0.4) is 0 Å². The fourth-order valence-corrected chi connectivity index (χ4v) is 0.287. The number of carboxylic acids is 1. The van der Waals surface area contributed by atoms with Crippen LogP contribution in [0.15, 0.2) is 0 Å². The largest absolute Gasteiger partial charge is 0.481 e. The van der Waals surface area contributed by atoms with Gasteiger partial charge in [0.1, 0.15) is 0 Å². The van der Waals surface area contributed by atoms with Gasteiger partial charge in [-0.05, 0) is 0 Å². The number of rotatable bonds is 3. The van der Waals surface area contributed by atoms with E-state index in [4.69, 9.17) is 5.11 Å². The van der Waals surface area contributed by atoms with Gasteiger partial charge in [-0.15, -0.1) is 12.6 Å². The van der Waals surface area contributed by atoms with Crippen LogP contribution in [0.4, 0.5) is 0 Å². The van der Waals surface area contributed by atoms with E-state index >= 15 is 0 Å². The molecule has 0 spiro atoms. The number of aliphatic carboxylic acids is 1. The van der Waals surface area contributed by atoms with E-state index in [1.807, 2.05) is 0 Å². The average molecular weight is 196 g/mol. The van der Waals surface area contributed by atoms with Crippen molar-refractivity contribution in [3.05, 3.63) is 0 Å². The molecule has 0 unspecified atom stereocenters. The van der Waals surface area contributed by atoms with Gasteiger partial charge in [-0.2, -0.15) is 12.6 Å². The summed E-state index contributed by atoms with van der Waals surface area (Å²) in [5.41, 5.74) is 0. The van der Waals surface area contributed by atoms with Crippen molar-refractivity contribution in [1.82, 2.24) is 0 Å². The topological polar surface area (TPSA) is 54.4 Å². The van der Waals surface area contributed by atoms with E-state index in [2.05, 4.69) is 25.3 Å². The minimum absolute atomic E-state index is 0.0509. The Bertz CT molecular complexity index is 125. The second kappa shape index (κ2) is 9.84. The Morgan fingerprint density at radius 1 is 1.45 bits per heavy atom. The third kappa shape index (κ3) is 25.8. The fraction of sp³-hybridized carbons (Fsp3) is 0.667. The summed E-state index contributed by atoms with van der Waals surface area (Å²) in [7, 11) is 0. The van der Waals surface area contributed by atoms with Gasteiger partial charge in [-0.1, -0.05) is 6.92 Å². The van der Waals surface area contributed by atoms with Crippen molar-refractivity contribution in [3.63, 3.8) is 0 Å². The van der Waals surface area contributed by atoms with Crippen LogP contribution >= 0.6 is 25.3 Å². The molecule has 0 aliphatic heterocycles. The van der Waals surface area contributed by atoms with Crippen LogP contribution in [0.1, 0.15) is 19.8 Å². The highest BCUT2D eigenvalue weighted by molar-refractivity contribution is 7.96. The predicted octanol–water partition coefficient (Wildman–Crippen LogP) is 1.24. The number of carbonyl (C=O) groups is 2. The van der Waals surface area contributed by atoms with Crippen molar-refractivity contribution in [2.45, 2.75) is 19.8 Å². The first-order chi connectivity index (χ1) is 5.04. The molecule has 0 saturated heterocycles. The Kier molecular flexibility index (Phi) is 12.0. The van der Waals surface area contributed by atoms with E-state index in [0.29, 0.717) is 12.2 Å². The zero-order valence-corrected chi connectivity index (χ0v) is 8.07. The number of hydrogen-bond acceptors (Lipinski definition) is 3. The van der Waals surface area contributed by atoms with Crippen molar-refractivity contribution in [2.24, 2.45) is 0 Å². The van der Waals surface area contributed by atoms with Gasteiger partial charge >= 0.3 is 5.97 Å². The van der Waals surface area contributed by atoms with E-state index in [0.717, 1.165) is 0 Å². The second-order valence-electron chi connectivity index (χ2n) is 1.61. The van der Waals surface area contributed by atoms with Gasteiger partial charge in [0.15, 0.2) is 5.12 Å². The van der Waals surface area contributed by atoms with Gasteiger partial charge in [0.25, 0.3) is 0 Å². The third-order valence-corrected chi connectivity index (χ3v) is 1.17. The monoisotopic (exact) mass is 196 g/mol. The smallest absolute Gasteiger partial charge is 0.304 e. The van der Waals surface area contributed by atoms with Crippen molar-refractivity contribution in [2.75, 3.05) is 5.75 Å². The molecule has 0 aliphatic rings. The molecule has 0 aromatic heterocycles. The van der Waals surface area contributed by atoms with Gasteiger partial charge in [0.2, 0.25) is 0 Å². The minimum atomic E-state index is -0.787. The highest BCUT2D eigenvalue weighted by Gasteiger charge is 1.88. The molecule has 0 saturated carbocycles. The lowest BCUT2D eigenvalue weighted by Crippen LogP contribution is -1.93. The molecule has 1 N–H and O–H groups in total. The average Bonchev–Trinajstić information content (AvgIpc) is 1.89. The highest BCUT2D eigenvalue weighted by Crippen LogP contribution is 1.80. The molecule has 0 heterocycles. The molecule has 0 bridgehead atoms. The van der Waals surface area contributed by atoms with Crippen molar-refractivity contribution in [3.8, 4) is 0 Å². The Morgan fingerprint density at radius 2 is 1.82 bits per heavy atom. The van der Waals surface area contributed by atoms with Crippen molar-refractivity contribution >= 4 is 36.3 Å². The Morgan fingerprint density at radius 3 is 1.82 bits per heavy atom. The van der Waals surface area contributed by atoms with Gasteiger partial charge in [-0.3, -0.25) is 9.59 Å². The molecule has 5 heteroatoms. The molecule has 0 aromatic rings. The molecule has 0 amide bonds. The molecular formula is C6H12O3S2. The zero-order chi connectivity index (χ0) is 9.28. The number of hydrogen-bond donors (Lipinski definition) is 3. The summed E-state index contributed by atoms with van der Waals surface area (Å²) in [6.45, 7) is 1.77. The van der Waals surface area contributed by atoms with Gasteiger partial charge in [0.05, 0.1) is 6.42 Å². The lowest BCUT2D eigenvalue weighted by molar-refractivity contribution is -0.136. The SMILES string of the molecule is CCC(=O)S.O=C(O)CCS. The molecule has 66 valence electrons. The fourth-order valence-electron chi connectivity index (χ4n) is 0.0956. The molecule has 11 heavy (non-hydrogen) atoms. The number of thiol groups is 2. The molecule has 0 aromatic carbocycles. The van der Waals surface area contributed by atoms with Crippen molar-refractivity contribution < 1.29 is 14.7 Å². The second-order valence-corrected chi connectivity index (χ2v) is 2.56. The van der Waals surface area contributed by atoms with Crippen molar-refractivity contribution in [1.29, 1.82) is 0 Å². The summed E-state index contributed by atoms with van der Waals surface area (Å²) in [5.74, 6) is -0.361. The summed E-state index contributed by atoms with van der Waals surface area (Å²) in [5, 5.41) is 7.81. The first-order valence-corrected chi connectivity index (χ1v) is 4.17. The minimum Gasteiger partial charge on any atom is -0.481 e. The van der Waals surface area contributed by atoms with Gasteiger partial charge in [0, 0.05) is 12.2 Å². The van der Waals surface area contributed by atoms with Crippen LogP contribution < -0.4 is 0 Å². The van der Waals surface area contributed by atoms with Crippen LogP contribution in [0.5, 0.6) is 0 Å². The summed E-state index contributed by atoms with van der Waals surface area (Å²) in [6.07, 6.45) is 0.687. The molecular weight excluding hydrogens is 184 g/mol. The summed E-state index contributed by atoms with van der Waals surface area (Å²) >= 11 is 7.14. The standard InChI is InChI=1S/C3H6O2S.C3H6OS/c4-3(5)1-2-6;1-2-3(4)5/h6H,1-2H2,(H,4,5);2H2,1H3,(H,4,5). The van der Waals surface area contributed by atoms with Crippen LogP contribution in [-0.4, -0.2) is 21.9 Å². The molecule has 0 fully saturated rings. The lowest BCUT2D eigenvalue weighted by Gasteiger charge is -1.79. The van der Waals surface area contributed by atoms with E-state index in [-0.39, 0.29) is 11.5 Å². The quantitative estimate of drug-likeness (QED) is 0.595. The Balaban J connectivity index is 0. The molecule has 0 radical (unpaired) electrons. The number of carbonyl (C=O) groups excluding carboxylic acids is 1. The van der Waals surface area contributed by atoms with Crippen LogP contribution in [0.25, 0.3) is 0 Å². The van der Waals surface area contributed by atoms with E-state index in [9.17, 15) is 9.59 Å². The predicted molar refractivity (Wildman–Crippen MR) is 50.4 cm³/mol. The molecule has 3 nitrogen and oxygen atoms in total. The summed E-state index contributed by atoms with van der Waals surface area (Å²) < 4.78 is 0. The Hall–Kier alpha value is -0.160. The van der Waals surface area contributed by atoms with E-state index < -0.39 is 5.97 Å². The maximum Gasteiger partial charge on any atom is 0.304 e. The first kappa shape index (κ1) is 13.4.